The summed E-state index contributed by atoms with van der Waals surface area (Å²) >= 11 is 0. The first-order chi connectivity index (χ1) is 13.7. The number of pyridine rings is 1. The maximum absolute atomic E-state index is 5.11. The Bertz CT molecular complexity index is 769. The van der Waals surface area contributed by atoms with Crippen LogP contribution in [0, 0.1) is 0 Å². The largest absolute Gasteiger partial charge is 0.481 e. The second-order valence-electron chi connectivity index (χ2n) is 7.06. The number of ether oxygens (including phenoxy) is 1. The van der Waals surface area contributed by atoms with Crippen molar-refractivity contribution in [2.24, 2.45) is 4.99 Å². The molecule has 0 aliphatic carbocycles. The van der Waals surface area contributed by atoms with E-state index in [2.05, 4.69) is 58.6 Å². The quantitative estimate of drug-likeness (QED) is 0.568. The lowest BCUT2D eigenvalue weighted by Crippen LogP contribution is -2.38. The summed E-state index contributed by atoms with van der Waals surface area (Å²) in [6, 6.07) is 12.8. The lowest BCUT2D eigenvalue weighted by Gasteiger charge is -2.22. The zero-order chi connectivity index (χ0) is 19.8. The van der Waals surface area contributed by atoms with Gasteiger partial charge in [0, 0.05) is 37.6 Å². The molecule has 6 heteroatoms. The lowest BCUT2D eigenvalue weighted by atomic mass is 10.1. The third-order valence-corrected chi connectivity index (χ3v) is 4.97. The lowest BCUT2D eigenvalue weighted by molar-refractivity contribution is 0.397. The highest BCUT2D eigenvalue weighted by Gasteiger charge is 2.14. The Balaban J connectivity index is 1.66. The molecule has 2 heterocycles. The van der Waals surface area contributed by atoms with Crippen LogP contribution in [0.5, 0.6) is 5.88 Å². The molecule has 1 aliphatic heterocycles. The Morgan fingerprint density at radius 2 is 2.07 bits per heavy atom. The summed E-state index contributed by atoms with van der Waals surface area (Å²) in [7, 11) is 1.62. The molecule has 6 nitrogen and oxygen atoms in total. The molecule has 2 aromatic rings. The van der Waals surface area contributed by atoms with Gasteiger partial charge in [0.2, 0.25) is 5.88 Å². The standard InChI is InChI=1S/C22H31N5O/c1-4-23-22(25-16-18-10-11-21(28-3)24-15-18)26-17(2)19-8-7-9-20(14-19)27-12-5-6-13-27/h7-11,14-15,17H,4-6,12-13,16H2,1-3H3,(H2,23,25,26). The summed E-state index contributed by atoms with van der Waals surface area (Å²) in [6.07, 6.45) is 4.37. The number of benzene rings is 1. The van der Waals surface area contributed by atoms with Gasteiger partial charge >= 0.3 is 0 Å². The van der Waals surface area contributed by atoms with Crippen molar-refractivity contribution >= 4 is 11.6 Å². The Kier molecular flexibility index (Phi) is 7.12. The van der Waals surface area contributed by atoms with E-state index in [1.165, 1.54) is 24.1 Å². The molecule has 1 aromatic carbocycles. The van der Waals surface area contributed by atoms with E-state index in [1.54, 1.807) is 13.3 Å². The molecule has 0 amide bonds. The average molecular weight is 382 g/mol. The van der Waals surface area contributed by atoms with E-state index in [9.17, 15) is 0 Å². The van der Waals surface area contributed by atoms with Crippen molar-refractivity contribution in [3.8, 4) is 5.88 Å². The molecule has 0 saturated carbocycles. The van der Waals surface area contributed by atoms with Gasteiger partial charge in [-0.2, -0.15) is 0 Å². The summed E-state index contributed by atoms with van der Waals surface area (Å²) in [5, 5.41) is 6.85. The number of hydrogen-bond acceptors (Lipinski definition) is 4. The molecule has 1 aromatic heterocycles. The molecule has 0 spiro atoms. The summed E-state index contributed by atoms with van der Waals surface area (Å²) in [5.74, 6) is 1.42. The zero-order valence-electron chi connectivity index (χ0n) is 17.1. The SMILES string of the molecule is CCNC(=NCc1ccc(OC)nc1)NC(C)c1cccc(N2CCCC2)c1. The van der Waals surface area contributed by atoms with Crippen molar-refractivity contribution in [1.82, 2.24) is 15.6 Å². The molecule has 2 N–H and O–H groups in total. The van der Waals surface area contributed by atoms with E-state index in [-0.39, 0.29) is 6.04 Å². The van der Waals surface area contributed by atoms with Crippen LogP contribution in [0.15, 0.2) is 47.6 Å². The van der Waals surface area contributed by atoms with Crippen molar-refractivity contribution in [2.45, 2.75) is 39.3 Å². The van der Waals surface area contributed by atoms with Gasteiger partial charge in [0.25, 0.3) is 0 Å². The van der Waals surface area contributed by atoms with E-state index < -0.39 is 0 Å². The number of anilines is 1. The van der Waals surface area contributed by atoms with Crippen LogP contribution in [0.25, 0.3) is 0 Å². The number of aromatic nitrogens is 1. The van der Waals surface area contributed by atoms with Gasteiger partial charge in [-0.1, -0.05) is 18.2 Å². The van der Waals surface area contributed by atoms with Crippen LogP contribution < -0.4 is 20.3 Å². The van der Waals surface area contributed by atoms with Crippen LogP contribution in [0.2, 0.25) is 0 Å². The van der Waals surface area contributed by atoms with Crippen LogP contribution in [-0.2, 0) is 6.54 Å². The fraction of sp³-hybridized carbons (Fsp3) is 0.455. The fourth-order valence-electron chi connectivity index (χ4n) is 3.37. The number of aliphatic imine (C=N–C) groups is 1. The number of rotatable bonds is 7. The second-order valence-corrected chi connectivity index (χ2v) is 7.06. The van der Waals surface area contributed by atoms with Gasteiger partial charge in [-0.15, -0.1) is 0 Å². The van der Waals surface area contributed by atoms with Gasteiger partial charge in [0.1, 0.15) is 0 Å². The van der Waals surface area contributed by atoms with Gasteiger partial charge < -0.3 is 20.3 Å². The van der Waals surface area contributed by atoms with Crippen LogP contribution >= 0.6 is 0 Å². The maximum atomic E-state index is 5.11. The highest BCUT2D eigenvalue weighted by atomic mass is 16.5. The van der Waals surface area contributed by atoms with E-state index in [1.807, 2.05) is 12.1 Å². The number of methoxy groups -OCH3 is 1. The van der Waals surface area contributed by atoms with Crippen LogP contribution in [0.4, 0.5) is 5.69 Å². The molecule has 28 heavy (non-hydrogen) atoms. The van der Waals surface area contributed by atoms with Gasteiger partial charge in [0.05, 0.1) is 19.7 Å². The van der Waals surface area contributed by atoms with Crippen molar-refractivity contribution in [3.63, 3.8) is 0 Å². The predicted molar refractivity (Wildman–Crippen MR) is 115 cm³/mol. The summed E-state index contributed by atoms with van der Waals surface area (Å²) < 4.78 is 5.11. The van der Waals surface area contributed by atoms with E-state index in [0.29, 0.717) is 12.4 Å². The number of nitrogens with one attached hydrogen (secondary N) is 2. The summed E-state index contributed by atoms with van der Waals surface area (Å²) in [6.45, 7) is 7.94. The van der Waals surface area contributed by atoms with Crippen LogP contribution in [0.1, 0.15) is 43.9 Å². The van der Waals surface area contributed by atoms with Gasteiger partial charge in [0.15, 0.2) is 5.96 Å². The number of nitrogens with zero attached hydrogens (tertiary/aromatic N) is 3. The van der Waals surface area contributed by atoms with E-state index in [4.69, 9.17) is 9.73 Å². The van der Waals surface area contributed by atoms with Crippen LogP contribution in [0.3, 0.4) is 0 Å². The smallest absolute Gasteiger partial charge is 0.212 e. The summed E-state index contributed by atoms with van der Waals surface area (Å²) in [4.78, 5) is 11.4. The number of hydrogen-bond donors (Lipinski definition) is 2. The molecule has 0 radical (unpaired) electrons. The molecule has 1 fully saturated rings. The van der Waals surface area contributed by atoms with Gasteiger partial charge in [-0.25, -0.2) is 9.98 Å². The Labute approximate surface area is 168 Å². The minimum Gasteiger partial charge on any atom is -0.481 e. The van der Waals surface area contributed by atoms with E-state index in [0.717, 1.165) is 31.2 Å². The predicted octanol–water partition coefficient (Wildman–Crippen LogP) is 3.51. The summed E-state index contributed by atoms with van der Waals surface area (Å²) in [5.41, 5.74) is 3.62. The van der Waals surface area contributed by atoms with Crippen molar-refractivity contribution < 1.29 is 4.74 Å². The van der Waals surface area contributed by atoms with Crippen molar-refractivity contribution in [2.75, 3.05) is 31.6 Å². The highest BCUT2D eigenvalue weighted by molar-refractivity contribution is 5.80. The Hall–Kier alpha value is -2.76. The fourth-order valence-corrected chi connectivity index (χ4v) is 3.37. The molecule has 1 aliphatic rings. The molecule has 1 atom stereocenters. The minimum atomic E-state index is 0.161. The Morgan fingerprint density at radius 3 is 2.75 bits per heavy atom. The monoisotopic (exact) mass is 381 g/mol. The molecule has 150 valence electrons. The maximum Gasteiger partial charge on any atom is 0.212 e. The first-order valence-electron chi connectivity index (χ1n) is 10.1. The van der Waals surface area contributed by atoms with Crippen molar-refractivity contribution in [1.29, 1.82) is 0 Å². The van der Waals surface area contributed by atoms with Crippen LogP contribution in [-0.4, -0.2) is 37.7 Å². The first kappa shape index (κ1) is 20.0. The molecule has 3 rings (SSSR count). The Morgan fingerprint density at radius 1 is 1.25 bits per heavy atom. The molecule has 1 saturated heterocycles. The first-order valence-corrected chi connectivity index (χ1v) is 10.1. The number of guanidine groups is 1. The minimum absolute atomic E-state index is 0.161. The van der Waals surface area contributed by atoms with Gasteiger partial charge in [-0.05, 0) is 49.9 Å². The molecular formula is C22H31N5O. The second kappa shape index (κ2) is 9.97. The zero-order valence-corrected chi connectivity index (χ0v) is 17.1. The third kappa shape index (κ3) is 5.38. The molecule has 0 bridgehead atoms. The highest BCUT2D eigenvalue weighted by Crippen LogP contribution is 2.24. The van der Waals surface area contributed by atoms with Gasteiger partial charge in [-0.3, -0.25) is 0 Å². The third-order valence-electron chi connectivity index (χ3n) is 4.97. The topological polar surface area (TPSA) is 61.8 Å². The molecular weight excluding hydrogens is 350 g/mol. The average Bonchev–Trinajstić information content (AvgIpc) is 3.27. The van der Waals surface area contributed by atoms with Crippen molar-refractivity contribution in [3.05, 3.63) is 53.7 Å². The molecule has 1 unspecified atom stereocenters. The normalized spacial score (nSPS) is 15.4. The van der Waals surface area contributed by atoms with E-state index >= 15 is 0 Å².